The lowest BCUT2D eigenvalue weighted by atomic mass is 9.89. The summed E-state index contributed by atoms with van der Waals surface area (Å²) in [6.45, 7) is 3.43. The lowest BCUT2D eigenvalue weighted by Crippen LogP contribution is -2.40. The van der Waals surface area contributed by atoms with Gasteiger partial charge in [0.15, 0.2) is 0 Å². The molecule has 1 atom stereocenters. The van der Waals surface area contributed by atoms with Gasteiger partial charge in [-0.15, -0.1) is 5.10 Å². The second kappa shape index (κ2) is 5.10. The molecule has 0 saturated carbocycles. The molecular formula is C13H18IN5S. The summed E-state index contributed by atoms with van der Waals surface area (Å²) < 4.78 is 2.92. The topological polar surface area (TPSA) is 45.5 Å². The Bertz CT molecular complexity index is 584. The Hall–Kier alpha value is -0.410. The average Bonchev–Trinajstić information content (AvgIpc) is 3.04. The van der Waals surface area contributed by atoms with Gasteiger partial charge in [0.25, 0.3) is 0 Å². The Morgan fingerprint density at radius 1 is 1.25 bits per heavy atom. The van der Waals surface area contributed by atoms with Crippen molar-refractivity contribution < 1.29 is 0 Å². The molecule has 0 amide bonds. The van der Waals surface area contributed by atoms with E-state index in [2.05, 4.69) is 42.9 Å². The number of rotatable bonds is 1. The van der Waals surface area contributed by atoms with Crippen LogP contribution in [-0.2, 0) is 0 Å². The van der Waals surface area contributed by atoms with E-state index >= 15 is 0 Å². The van der Waals surface area contributed by atoms with Crippen LogP contribution < -0.4 is 10.2 Å². The smallest absolute Gasteiger partial charge is 0.214 e. The third-order valence-electron chi connectivity index (χ3n) is 4.55. The average molecular weight is 403 g/mol. The lowest BCUT2D eigenvalue weighted by Gasteiger charge is -2.28. The first-order chi connectivity index (χ1) is 9.74. The number of hydrogen-bond acceptors (Lipinski definition) is 5. The third kappa shape index (κ3) is 2.33. The number of hydrogen-bond donors (Lipinski definition) is 1. The van der Waals surface area contributed by atoms with E-state index in [1.165, 1.54) is 38.6 Å². The maximum absolute atomic E-state index is 4.69. The molecule has 7 heteroatoms. The van der Waals surface area contributed by atoms with Gasteiger partial charge in [-0.1, -0.05) is 11.3 Å². The van der Waals surface area contributed by atoms with Crippen LogP contribution in [0.4, 0.5) is 5.13 Å². The molecule has 1 N–H and O–H groups in total. The van der Waals surface area contributed by atoms with Gasteiger partial charge in [-0.05, 0) is 61.2 Å². The van der Waals surface area contributed by atoms with E-state index in [-0.39, 0.29) is 0 Å². The Kier molecular flexibility index (Phi) is 3.38. The Balaban J connectivity index is 1.54. The van der Waals surface area contributed by atoms with Crippen molar-refractivity contribution >= 4 is 44.0 Å². The fourth-order valence-electron chi connectivity index (χ4n) is 3.47. The van der Waals surface area contributed by atoms with Crippen molar-refractivity contribution in [2.75, 3.05) is 24.5 Å². The van der Waals surface area contributed by atoms with Crippen LogP contribution in [0.15, 0.2) is 6.20 Å². The van der Waals surface area contributed by atoms with Crippen LogP contribution in [0.3, 0.4) is 0 Å². The third-order valence-corrected chi connectivity index (χ3v) is 6.05. The van der Waals surface area contributed by atoms with Crippen LogP contribution in [0.5, 0.6) is 0 Å². The number of aromatic nitrogens is 3. The molecule has 2 aliphatic heterocycles. The van der Waals surface area contributed by atoms with Gasteiger partial charge in [0.1, 0.15) is 3.70 Å². The highest BCUT2D eigenvalue weighted by atomic mass is 127. The molecule has 0 aromatic carbocycles. The predicted octanol–water partition coefficient (Wildman–Crippen LogP) is 2.51. The van der Waals surface area contributed by atoms with Crippen LogP contribution in [0, 0.1) is 3.70 Å². The molecule has 1 spiro atoms. The predicted molar refractivity (Wildman–Crippen MR) is 89.6 cm³/mol. The molecule has 2 aromatic heterocycles. The van der Waals surface area contributed by atoms with Gasteiger partial charge in [0.2, 0.25) is 10.1 Å². The summed E-state index contributed by atoms with van der Waals surface area (Å²) in [6.07, 6.45) is 8.49. The SMILES string of the molecule is Ic1cn2nc(N3CCCC4(CCCN4)CC3)sc2n1. The summed E-state index contributed by atoms with van der Waals surface area (Å²) in [4.78, 5) is 7.94. The lowest BCUT2D eigenvalue weighted by molar-refractivity contribution is 0.338. The zero-order valence-corrected chi connectivity index (χ0v) is 14.3. The zero-order chi connectivity index (χ0) is 13.6. The van der Waals surface area contributed by atoms with Crippen molar-refractivity contribution in [3.8, 4) is 0 Å². The van der Waals surface area contributed by atoms with Crippen LogP contribution >= 0.6 is 33.9 Å². The van der Waals surface area contributed by atoms with Crippen molar-refractivity contribution in [3.05, 3.63) is 9.90 Å². The minimum atomic E-state index is 0.418. The summed E-state index contributed by atoms with van der Waals surface area (Å²) in [7, 11) is 0. The second-order valence-electron chi connectivity index (χ2n) is 5.83. The first-order valence-electron chi connectivity index (χ1n) is 7.26. The van der Waals surface area contributed by atoms with E-state index in [1.54, 1.807) is 11.3 Å². The minimum absolute atomic E-state index is 0.418. The molecule has 4 heterocycles. The minimum Gasteiger partial charge on any atom is -0.347 e. The second-order valence-corrected chi connectivity index (χ2v) is 7.87. The molecule has 2 saturated heterocycles. The number of imidazole rings is 1. The summed E-state index contributed by atoms with van der Waals surface area (Å²) in [5.41, 5.74) is 0.418. The number of nitrogens with zero attached hydrogens (tertiary/aromatic N) is 4. The largest absolute Gasteiger partial charge is 0.347 e. The zero-order valence-electron chi connectivity index (χ0n) is 11.3. The maximum atomic E-state index is 4.69. The molecule has 20 heavy (non-hydrogen) atoms. The molecule has 0 bridgehead atoms. The van der Waals surface area contributed by atoms with E-state index in [0.29, 0.717) is 5.54 Å². The first kappa shape index (κ1) is 13.3. The van der Waals surface area contributed by atoms with Crippen molar-refractivity contribution in [2.24, 2.45) is 0 Å². The molecule has 108 valence electrons. The molecule has 1 unspecified atom stereocenters. The summed E-state index contributed by atoms with van der Waals surface area (Å²) in [5, 5.41) is 9.56. The van der Waals surface area contributed by atoms with Crippen LogP contribution in [0.1, 0.15) is 32.1 Å². The van der Waals surface area contributed by atoms with Gasteiger partial charge in [0.05, 0.1) is 6.20 Å². The molecular weight excluding hydrogens is 385 g/mol. The number of fused-ring (bicyclic) bond motifs is 1. The monoisotopic (exact) mass is 403 g/mol. The van der Waals surface area contributed by atoms with Crippen LogP contribution in [0.25, 0.3) is 4.96 Å². The van der Waals surface area contributed by atoms with Crippen molar-refractivity contribution in [1.82, 2.24) is 19.9 Å². The van der Waals surface area contributed by atoms with Crippen molar-refractivity contribution in [1.29, 1.82) is 0 Å². The molecule has 2 aromatic rings. The van der Waals surface area contributed by atoms with Gasteiger partial charge in [0, 0.05) is 18.6 Å². The Morgan fingerprint density at radius 3 is 2.95 bits per heavy atom. The Labute approximate surface area is 135 Å². The molecule has 2 aliphatic rings. The van der Waals surface area contributed by atoms with E-state index in [0.717, 1.165) is 26.9 Å². The highest BCUT2D eigenvalue weighted by Gasteiger charge is 2.35. The molecule has 0 aliphatic carbocycles. The summed E-state index contributed by atoms with van der Waals surface area (Å²) >= 11 is 3.94. The van der Waals surface area contributed by atoms with Gasteiger partial charge < -0.3 is 10.2 Å². The van der Waals surface area contributed by atoms with Gasteiger partial charge >= 0.3 is 0 Å². The van der Waals surface area contributed by atoms with Crippen LogP contribution in [-0.4, -0.2) is 39.8 Å². The van der Waals surface area contributed by atoms with Gasteiger partial charge in [-0.25, -0.2) is 9.50 Å². The number of anilines is 1. The molecule has 0 radical (unpaired) electrons. The van der Waals surface area contributed by atoms with E-state index in [9.17, 15) is 0 Å². The normalized spacial score (nSPS) is 27.6. The summed E-state index contributed by atoms with van der Waals surface area (Å²) in [6, 6.07) is 0. The van der Waals surface area contributed by atoms with Crippen LogP contribution in [0.2, 0.25) is 0 Å². The summed E-state index contributed by atoms with van der Waals surface area (Å²) in [5.74, 6) is 0. The number of nitrogens with one attached hydrogen (secondary N) is 1. The fourth-order valence-corrected chi connectivity index (χ4v) is 5.06. The molecule has 5 nitrogen and oxygen atoms in total. The highest BCUT2D eigenvalue weighted by Crippen LogP contribution is 2.33. The van der Waals surface area contributed by atoms with E-state index in [4.69, 9.17) is 0 Å². The van der Waals surface area contributed by atoms with E-state index < -0.39 is 0 Å². The van der Waals surface area contributed by atoms with Gasteiger partial charge in [-0.2, -0.15) is 0 Å². The standard InChI is InChI=1S/C13H18IN5S/c14-10-9-19-11(16-10)20-12(17-19)18-7-2-4-13(5-8-18)3-1-6-15-13/h9,15H,1-8H2. The first-order valence-corrected chi connectivity index (χ1v) is 9.15. The van der Waals surface area contributed by atoms with Crippen molar-refractivity contribution in [3.63, 3.8) is 0 Å². The molecule has 4 rings (SSSR count). The van der Waals surface area contributed by atoms with Crippen molar-refractivity contribution in [2.45, 2.75) is 37.6 Å². The van der Waals surface area contributed by atoms with E-state index in [1.807, 2.05) is 10.7 Å². The quantitative estimate of drug-likeness (QED) is 0.744. The van der Waals surface area contributed by atoms with Gasteiger partial charge in [-0.3, -0.25) is 0 Å². The highest BCUT2D eigenvalue weighted by molar-refractivity contribution is 14.1. The molecule has 2 fully saturated rings. The Morgan fingerprint density at radius 2 is 2.15 bits per heavy atom. The fraction of sp³-hybridized carbons (Fsp3) is 0.692. The number of halogens is 1. The maximum Gasteiger partial charge on any atom is 0.214 e.